The molecule has 1 aromatic carbocycles. The van der Waals surface area contributed by atoms with Crippen molar-refractivity contribution in [2.75, 3.05) is 13.7 Å². The van der Waals surface area contributed by atoms with Gasteiger partial charge in [-0.2, -0.15) is 0 Å². The van der Waals surface area contributed by atoms with Crippen LogP contribution in [0.5, 0.6) is 0 Å². The lowest BCUT2D eigenvalue weighted by Crippen LogP contribution is -2.53. The summed E-state index contributed by atoms with van der Waals surface area (Å²) in [7, 11) is 1.29. The van der Waals surface area contributed by atoms with E-state index in [-0.39, 0.29) is 17.9 Å². The van der Waals surface area contributed by atoms with Crippen molar-refractivity contribution in [3.63, 3.8) is 0 Å². The molecule has 3 aliphatic heterocycles. The van der Waals surface area contributed by atoms with Gasteiger partial charge in [-0.05, 0) is 24.3 Å². The van der Waals surface area contributed by atoms with E-state index in [0.29, 0.717) is 18.1 Å². The number of hydrogen-bond donors (Lipinski definition) is 2. The Bertz CT molecular complexity index is 1270. The number of amides is 2. The Morgan fingerprint density at radius 2 is 1.97 bits per heavy atom. The fourth-order valence-corrected chi connectivity index (χ4v) is 4.77. The van der Waals surface area contributed by atoms with Crippen molar-refractivity contribution in [1.29, 1.82) is 0 Å². The van der Waals surface area contributed by atoms with Crippen LogP contribution in [0.1, 0.15) is 37.8 Å². The predicted octanol–water partition coefficient (Wildman–Crippen LogP) is 3.64. The lowest BCUT2D eigenvalue weighted by Gasteiger charge is -2.30. The van der Waals surface area contributed by atoms with Crippen LogP contribution in [0.2, 0.25) is 0 Å². The summed E-state index contributed by atoms with van der Waals surface area (Å²) in [5.41, 5.74) is 5.57. The summed E-state index contributed by atoms with van der Waals surface area (Å²) >= 11 is 0. The maximum Gasteiger partial charge on any atom is 0.407 e. The van der Waals surface area contributed by atoms with Crippen molar-refractivity contribution in [3.8, 4) is 11.3 Å². The Kier molecular flexibility index (Phi) is 6.07. The molecule has 2 amide bonds. The number of H-pyrrole nitrogens is 1. The van der Waals surface area contributed by atoms with E-state index in [2.05, 4.69) is 32.4 Å². The maximum atomic E-state index is 13.4. The Balaban J connectivity index is 1.40. The van der Waals surface area contributed by atoms with Gasteiger partial charge >= 0.3 is 6.09 Å². The van der Waals surface area contributed by atoms with E-state index < -0.39 is 12.1 Å². The van der Waals surface area contributed by atoms with Gasteiger partial charge in [-0.15, -0.1) is 0 Å². The smallest absolute Gasteiger partial charge is 0.407 e. The molecule has 35 heavy (non-hydrogen) atoms. The summed E-state index contributed by atoms with van der Waals surface area (Å²) in [4.78, 5) is 44.3. The van der Waals surface area contributed by atoms with Crippen LogP contribution in [0.3, 0.4) is 0 Å². The average molecular weight is 473 g/mol. The second-order valence-corrected chi connectivity index (χ2v) is 9.12. The normalized spacial score (nSPS) is 21.4. The topological polar surface area (TPSA) is 112 Å². The number of carbonyl (C=O) groups is 2. The lowest BCUT2D eigenvalue weighted by molar-refractivity contribution is -0.134. The number of carbonyl (C=O) groups excluding carboxylic acids is 2. The number of benzene rings is 1. The van der Waals surface area contributed by atoms with Crippen LogP contribution in [0.15, 0.2) is 57.2 Å². The van der Waals surface area contributed by atoms with Crippen LogP contribution in [0.25, 0.3) is 17.0 Å². The molecule has 1 aromatic heterocycles. The summed E-state index contributed by atoms with van der Waals surface area (Å²) in [5, 5.41) is 2.67. The van der Waals surface area contributed by atoms with Crippen LogP contribution in [0, 0.1) is 5.92 Å². The third kappa shape index (κ3) is 4.18. The highest BCUT2D eigenvalue weighted by Crippen LogP contribution is 2.36. The van der Waals surface area contributed by atoms with Crippen LogP contribution in [-0.2, 0) is 9.53 Å². The van der Waals surface area contributed by atoms with Crippen LogP contribution in [0.4, 0.5) is 4.79 Å². The second kappa shape index (κ2) is 9.32. The van der Waals surface area contributed by atoms with Gasteiger partial charge in [0.15, 0.2) is 5.84 Å². The van der Waals surface area contributed by atoms with Crippen molar-refractivity contribution in [1.82, 2.24) is 15.2 Å². The molecule has 2 atom stereocenters. The van der Waals surface area contributed by atoms with E-state index in [4.69, 9.17) is 9.73 Å². The highest BCUT2D eigenvalue weighted by Gasteiger charge is 2.38. The number of ether oxygens (including phenoxy) is 1. The highest BCUT2D eigenvalue weighted by atomic mass is 16.5. The third-order valence-electron chi connectivity index (χ3n) is 6.58. The first-order chi connectivity index (χ1) is 17.0. The first-order valence-corrected chi connectivity index (χ1v) is 11.8. The molecule has 9 heteroatoms. The number of fused-ring (bicyclic) bond motifs is 1. The van der Waals surface area contributed by atoms with Gasteiger partial charge in [0, 0.05) is 30.1 Å². The van der Waals surface area contributed by atoms with Gasteiger partial charge in [-0.3, -0.25) is 9.79 Å². The van der Waals surface area contributed by atoms with Crippen LogP contribution in [-0.4, -0.2) is 65.9 Å². The second-order valence-electron chi connectivity index (χ2n) is 9.12. The van der Waals surface area contributed by atoms with Gasteiger partial charge in [0.05, 0.1) is 30.8 Å². The van der Waals surface area contributed by atoms with E-state index in [0.717, 1.165) is 40.9 Å². The molecular formula is C26H28N6O3. The molecule has 4 heterocycles. The number of allylic oxidation sites excluding steroid dienone is 1. The number of likely N-dealkylation sites (tertiary alicyclic amines) is 1. The number of nitrogens with one attached hydrogen (secondary N) is 2. The van der Waals surface area contributed by atoms with Gasteiger partial charge in [-0.1, -0.05) is 44.2 Å². The van der Waals surface area contributed by atoms with Gasteiger partial charge in [0.1, 0.15) is 11.7 Å². The standard InChI is InChI=1S/C26H28N6O3/c1-15(2)21(31-26(34)35-3)25(33)32-11-7-10-20(32)24-29-14-19(30-24)23-18-13-27-22(17(18)12-28-23)16-8-5-4-6-9-16/h4-6,8-9,12-15,20-21,27H,7,10-11H2,1-3H3,(H,31,34)/t20?,21-/m0/s1. The molecule has 180 valence electrons. The minimum absolute atomic E-state index is 0.0896. The van der Waals surface area contributed by atoms with E-state index in [1.54, 1.807) is 11.1 Å². The highest BCUT2D eigenvalue weighted by molar-refractivity contribution is 6.12. The number of aromatic amines is 1. The molecule has 0 aliphatic carbocycles. The third-order valence-corrected chi connectivity index (χ3v) is 6.58. The summed E-state index contributed by atoms with van der Waals surface area (Å²) in [6.45, 7) is 4.39. The molecular weight excluding hydrogens is 444 g/mol. The average Bonchev–Trinajstić information content (AvgIpc) is 3.65. The number of hydrogen-bond acceptors (Lipinski definition) is 6. The first-order valence-electron chi connectivity index (χ1n) is 11.8. The van der Waals surface area contributed by atoms with Gasteiger partial charge in [0.25, 0.3) is 0 Å². The largest absolute Gasteiger partial charge is 0.453 e. The monoisotopic (exact) mass is 472 g/mol. The van der Waals surface area contributed by atoms with E-state index >= 15 is 0 Å². The van der Waals surface area contributed by atoms with Crippen molar-refractivity contribution >= 4 is 36.0 Å². The molecule has 0 bridgehead atoms. The Morgan fingerprint density at radius 3 is 2.71 bits per heavy atom. The van der Waals surface area contributed by atoms with E-state index in [9.17, 15) is 9.59 Å². The zero-order valence-electron chi connectivity index (χ0n) is 20.0. The SMILES string of the molecule is COC(=O)N[C@H](C(=O)N1CCCC1C1=NC(=C2N=Cc3c2c[nH]c3-c2ccccc2)C=N1)C(C)C. The quantitative estimate of drug-likeness (QED) is 0.693. The number of nitrogens with zero attached hydrogens (tertiary/aromatic N) is 4. The molecule has 2 N–H and O–H groups in total. The minimum atomic E-state index is -0.676. The Morgan fingerprint density at radius 1 is 1.17 bits per heavy atom. The molecule has 3 aliphatic rings. The fraction of sp³-hybridized carbons (Fsp3) is 0.346. The van der Waals surface area contributed by atoms with Gasteiger partial charge < -0.3 is 19.9 Å². The molecule has 1 saturated heterocycles. The number of aliphatic imine (C=N–C) groups is 3. The van der Waals surface area contributed by atoms with Crippen molar-refractivity contribution in [2.24, 2.45) is 20.9 Å². The molecule has 0 saturated carbocycles. The van der Waals surface area contributed by atoms with Crippen molar-refractivity contribution in [2.45, 2.75) is 38.8 Å². The van der Waals surface area contributed by atoms with Gasteiger partial charge in [0.2, 0.25) is 5.91 Å². The lowest BCUT2D eigenvalue weighted by atomic mass is 10.0. The maximum absolute atomic E-state index is 13.4. The zero-order valence-corrected chi connectivity index (χ0v) is 20.0. The molecule has 0 radical (unpaired) electrons. The summed E-state index contributed by atoms with van der Waals surface area (Å²) in [6, 6.07) is 9.21. The molecule has 0 spiro atoms. The Labute approximate surface area is 203 Å². The number of rotatable bonds is 5. The molecule has 2 aromatic rings. The summed E-state index contributed by atoms with van der Waals surface area (Å²) < 4.78 is 4.71. The fourth-order valence-electron chi connectivity index (χ4n) is 4.77. The minimum Gasteiger partial charge on any atom is -0.453 e. The summed E-state index contributed by atoms with van der Waals surface area (Å²) in [5.74, 6) is 0.362. The number of amidine groups is 1. The first kappa shape index (κ1) is 22.8. The Hall–Kier alpha value is -4.01. The zero-order chi connectivity index (χ0) is 24.5. The molecule has 9 nitrogen and oxygen atoms in total. The van der Waals surface area contributed by atoms with E-state index in [1.807, 2.05) is 44.5 Å². The van der Waals surface area contributed by atoms with Crippen molar-refractivity contribution < 1.29 is 14.3 Å². The molecule has 1 fully saturated rings. The molecule has 5 rings (SSSR count). The predicted molar refractivity (Wildman–Crippen MR) is 136 cm³/mol. The van der Waals surface area contributed by atoms with E-state index in [1.165, 1.54) is 7.11 Å². The van der Waals surface area contributed by atoms with Crippen molar-refractivity contribution in [3.05, 3.63) is 53.4 Å². The summed E-state index contributed by atoms with van der Waals surface area (Å²) in [6.07, 6.45) is 6.53. The molecule has 1 unspecified atom stereocenters. The van der Waals surface area contributed by atoms with Crippen LogP contribution < -0.4 is 5.32 Å². The van der Waals surface area contributed by atoms with Crippen LogP contribution >= 0.6 is 0 Å². The number of methoxy groups -OCH3 is 1. The number of alkyl carbamates (subject to hydrolysis) is 1. The number of aromatic nitrogens is 1. The van der Waals surface area contributed by atoms with Gasteiger partial charge in [-0.25, -0.2) is 14.8 Å².